The van der Waals surface area contributed by atoms with E-state index in [4.69, 9.17) is 0 Å². The summed E-state index contributed by atoms with van der Waals surface area (Å²) in [6, 6.07) is 8.99. The molecule has 2 bridgehead atoms. The van der Waals surface area contributed by atoms with Crippen molar-refractivity contribution in [3.8, 4) is 0 Å². The Hall–Kier alpha value is -1.15. The van der Waals surface area contributed by atoms with E-state index in [9.17, 15) is 4.79 Å². The number of fused-ring (bicyclic) bond motifs is 3. The van der Waals surface area contributed by atoms with Gasteiger partial charge in [-0.15, -0.1) is 0 Å². The predicted molar refractivity (Wildman–Crippen MR) is 91.3 cm³/mol. The number of piperidine rings is 3. The predicted octanol–water partition coefficient (Wildman–Crippen LogP) is 3.93. The molecule has 3 saturated heterocycles. The van der Waals surface area contributed by atoms with Gasteiger partial charge in [-0.25, -0.2) is 0 Å². The van der Waals surface area contributed by atoms with E-state index < -0.39 is 0 Å². The van der Waals surface area contributed by atoms with Crippen LogP contribution in [0.2, 0.25) is 0 Å². The molecule has 1 atom stereocenters. The average molecular weight is 299 g/mol. The maximum Gasteiger partial charge on any atom is 0.154 e. The summed E-state index contributed by atoms with van der Waals surface area (Å²) >= 11 is 0. The average Bonchev–Trinajstić information content (AvgIpc) is 2.47. The summed E-state index contributed by atoms with van der Waals surface area (Å²) in [5, 5.41) is 0. The monoisotopic (exact) mass is 299 g/mol. The molecule has 0 spiro atoms. The number of benzene rings is 1. The summed E-state index contributed by atoms with van der Waals surface area (Å²) in [7, 11) is 0. The quantitative estimate of drug-likeness (QED) is 0.825. The lowest BCUT2D eigenvalue weighted by atomic mass is 9.68. The van der Waals surface area contributed by atoms with Crippen molar-refractivity contribution >= 4 is 5.78 Å². The number of nitrogens with zero attached hydrogens (tertiary/aromatic N) is 1. The van der Waals surface area contributed by atoms with Gasteiger partial charge in [0.2, 0.25) is 0 Å². The highest BCUT2D eigenvalue weighted by Crippen LogP contribution is 2.40. The maximum absolute atomic E-state index is 12.8. The Morgan fingerprint density at radius 1 is 0.909 bits per heavy atom. The van der Waals surface area contributed by atoms with Crippen LogP contribution in [-0.2, 0) is 15.6 Å². The van der Waals surface area contributed by atoms with Crippen molar-refractivity contribution in [3.63, 3.8) is 0 Å². The van der Waals surface area contributed by atoms with Gasteiger partial charge in [-0.1, -0.05) is 58.9 Å². The van der Waals surface area contributed by atoms with E-state index in [0.29, 0.717) is 11.7 Å². The molecule has 4 rings (SSSR count). The van der Waals surface area contributed by atoms with Gasteiger partial charge in [0.05, 0.1) is 6.04 Å². The number of carbonyl (C=O) groups excluding carboxylic acids is 1. The van der Waals surface area contributed by atoms with Crippen LogP contribution in [0, 0.1) is 5.92 Å². The van der Waals surface area contributed by atoms with Gasteiger partial charge in [-0.2, -0.15) is 0 Å². The van der Waals surface area contributed by atoms with Gasteiger partial charge < -0.3 is 0 Å². The highest BCUT2D eigenvalue weighted by atomic mass is 16.1. The topological polar surface area (TPSA) is 20.3 Å². The first-order chi connectivity index (χ1) is 10.2. The summed E-state index contributed by atoms with van der Waals surface area (Å²) < 4.78 is 0. The van der Waals surface area contributed by atoms with Crippen molar-refractivity contribution in [2.24, 2.45) is 5.92 Å². The molecule has 0 N–H and O–H groups in total. The van der Waals surface area contributed by atoms with Crippen LogP contribution in [0.5, 0.6) is 0 Å². The number of Topliss-reactive ketones (excluding diaryl/α,β-unsaturated/α-hetero) is 1. The number of carbonyl (C=O) groups is 1. The molecular formula is C20H29NO. The molecule has 0 amide bonds. The third kappa shape index (κ3) is 2.52. The molecule has 1 aromatic carbocycles. The first-order valence-corrected chi connectivity index (χ1v) is 8.60. The number of hydrogen-bond donors (Lipinski definition) is 0. The zero-order valence-electron chi connectivity index (χ0n) is 14.6. The Morgan fingerprint density at radius 3 is 1.86 bits per heavy atom. The normalized spacial score (nSPS) is 29.0. The van der Waals surface area contributed by atoms with Crippen molar-refractivity contribution in [3.05, 3.63) is 35.4 Å². The van der Waals surface area contributed by atoms with Crippen LogP contribution in [-0.4, -0.2) is 29.8 Å². The van der Waals surface area contributed by atoms with Crippen LogP contribution in [0.1, 0.15) is 58.6 Å². The molecule has 3 aliphatic rings. The largest absolute Gasteiger partial charge is 0.298 e. The first kappa shape index (κ1) is 15.7. The lowest BCUT2D eigenvalue weighted by molar-refractivity contribution is -0.140. The highest BCUT2D eigenvalue weighted by molar-refractivity contribution is 5.89. The van der Waals surface area contributed by atoms with E-state index in [1.807, 2.05) is 0 Å². The summed E-state index contributed by atoms with van der Waals surface area (Å²) in [5.74, 6) is 0.783. The number of hydrogen-bond acceptors (Lipinski definition) is 2. The Balaban J connectivity index is 1.91. The Labute approximate surface area is 134 Å². The van der Waals surface area contributed by atoms with Crippen LogP contribution in [0.15, 0.2) is 24.3 Å². The number of rotatable bonds is 2. The van der Waals surface area contributed by atoms with E-state index in [1.54, 1.807) is 0 Å². The lowest BCUT2D eigenvalue weighted by Gasteiger charge is -2.50. The van der Waals surface area contributed by atoms with E-state index in [1.165, 1.54) is 11.1 Å². The molecule has 22 heavy (non-hydrogen) atoms. The van der Waals surface area contributed by atoms with E-state index in [2.05, 4.69) is 63.8 Å². The van der Waals surface area contributed by atoms with Gasteiger partial charge in [0, 0.05) is 11.3 Å². The Morgan fingerprint density at radius 2 is 1.41 bits per heavy atom. The Kier molecular flexibility index (Phi) is 3.71. The first-order valence-electron chi connectivity index (χ1n) is 8.60. The smallest absolute Gasteiger partial charge is 0.154 e. The molecule has 3 fully saturated rings. The molecule has 3 aliphatic heterocycles. The fraction of sp³-hybridized carbons (Fsp3) is 0.650. The Bertz CT molecular complexity index is 556. The number of ketones is 1. The zero-order chi connectivity index (χ0) is 16.1. The molecule has 0 radical (unpaired) electrons. The van der Waals surface area contributed by atoms with Gasteiger partial charge >= 0.3 is 0 Å². The van der Waals surface area contributed by atoms with Gasteiger partial charge in [-0.05, 0) is 42.5 Å². The minimum Gasteiger partial charge on any atom is -0.298 e. The van der Waals surface area contributed by atoms with Gasteiger partial charge in [0.15, 0.2) is 5.78 Å². The third-order valence-corrected chi connectivity index (χ3v) is 5.75. The van der Waals surface area contributed by atoms with Crippen LogP contribution < -0.4 is 0 Å². The fourth-order valence-electron chi connectivity index (χ4n) is 4.22. The molecule has 0 aliphatic carbocycles. The minimum atomic E-state index is -0.118. The lowest BCUT2D eigenvalue weighted by Crippen LogP contribution is -2.62. The van der Waals surface area contributed by atoms with Crippen molar-refractivity contribution in [2.75, 3.05) is 13.1 Å². The van der Waals surface area contributed by atoms with Crippen LogP contribution >= 0.6 is 0 Å². The van der Waals surface area contributed by atoms with Gasteiger partial charge in [0.1, 0.15) is 0 Å². The molecule has 120 valence electrons. The molecule has 0 aromatic heterocycles. The molecular weight excluding hydrogens is 270 g/mol. The SMILES string of the molecule is CC(C)(C)c1ccc(C(C)(C)C2C(=O)C3CCN2CC3)cc1. The second-order valence-electron chi connectivity index (χ2n) is 8.66. The van der Waals surface area contributed by atoms with E-state index in [-0.39, 0.29) is 16.9 Å². The third-order valence-electron chi connectivity index (χ3n) is 5.75. The van der Waals surface area contributed by atoms with Crippen molar-refractivity contribution < 1.29 is 4.79 Å². The van der Waals surface area contributed by atoms with Crippen molar-refractivity contribution in [1.29, 1.82) is 0 Å². The summed E-state index contributed by atoms with van der Waals surface area (Å²) in [6.45, 7) is 13.4. The van der Waals surface area contributed by atoms with Crippen LogP contribution in [0.3, 0.4) is 0 Å². The van der Waals surface area contributed by atoms with E-state index in [0.717, 1.165) is 25.9 Å². The van der Waals surface area contributed by atoms with E-state index >= 15 is 0 Å². The molecule has 0 saturated carbocycles. The molecule has 2 nitrogen and oxygen atoms in total. The second kappa shape index (κ2) is 5.19. The second-order valence-corrected chi connectivity index (χ2v) is 8.66. The maximum atomic E-state index is 12.8. The highest BCUT2D eigenvalue weighted by Gasteiger charge is 2.48. The standard InChI is InChI=1S/C20H29NO/c1-19(2,3)15-6-8-16(9-7-15)20(4,5)18-17(22)14-10-12-21(18)13-11-14/h6-9,14,18H,10-13H2,1-5H3. The van der Waals surface area contributed by atoms with Gasteiger partial charge in [0.25, 0.3) is 0 Å². The van der Waals surface area contributed by atoms with Gasteiger partial charge in [-0.3, -0.25) is 9.69 Å². The molecule has 1 unspecified atom stereocenters. The molecule has 2 heteroatoms. The zero-order valence-corrected chi connectivity index (χ0v) is 14.6. The van der Waals surface area contributed by atoms with Crippen LogP contribution in [0.25, 0.3) is 0 Å². The van der Waals surface area contributed by atoms with Crippen LogP contribution in [0.4, 0.5) is 0 Å². The summed E-state index contributed by atoms with van der Waals surface area (Å²) in [6.07, 6.45) is 2.13. The molecule has 1 aromatic rings. The minimum absolute atomic E-state index is 0.0560. The van der Waals surface area contributed by atoms with Crippen molar-refractivity contribution in [1.82, 2.24) is 4.90 Å². The summed E-state index contributed by atoms with van der Waals surface area (Å²) in [4.78, 5) is 15.2. The summed E-state index contributed by atoms with van der Waals surface area (Å²) in [5.41, 5.74) is 2.69. The molecule has 3 heterocycles. The fourth-order valence-corrected chi connectivity index (χ4v) is 4.22. The van der Waals surface area contributed by atoms with Crippen molar-refractivity contribution in [2.45, 2.75) is 64.3 Å².